The van der Waals surface area contributed by atoms with Crippen molar-refractivity contribution in [3.05, 3.63) is 0 Å². The average molecular weight is 197 g/mol. The van der Waals surface area contributed by atoms with Crippen LogP contribution in [0, 0.1) is 17.3 Å². The zero-order chi connectivity index (χ0) is 10.0. The van der Waals surface area contributed by atoms with Crippen molar-refractivity contribution in [3.63, 3.8) is 0 Å². The maximum absolute atomic E-state index is 6.03. The molecule has 2 rings (SSSR count). The van der Waals surface area contributed by atoms with E-state index in [4.69, 9.17) is 10.5 Å². The molecule has 2 nitrogen and oxygen atoms in total. The van der Waals surface area contributed by atoms with Gasteiger partial charge in [0.15, 0.2) is 0 Å². The fraction of sp³-hybridized carbons (Fsp3) is 1.00. The molecule has 2 heteroatoms. The normalized spacial score (nSPS) is 24.4. The van der Waals surface area contributed by atoms with Gasteiger partial charge in [0.1, 0.15) is 0 Å². The highest BCUT2D eigenvalue weighted by Gasteiger charge is 2.48. The summed E-state index contributed by atoms with van der Waals surface area (Å²) in [6, 6.07) is 0. The standard InChI is InChI=1S/C12H23NO/c1-14-9-12(8-13,10-4-2-5-10)11-6-3-7-11/h10-11H,2-9,13H2,1H3. The van der Waals surface area contributed by atoms with Gasteiger partial charge in [-0.2, -0.15) is 0 Å². The Labute approximate surface area is 87.2 Å². The van der Waals surface area contributed by atoms with Crippen LogP contribution in [0.2, 0.25) is 0 Å². The van der Waals surface area contributed by atoms with Gasteiger partial charge < -0.3 is 10.5 Å². The largest absolute Gasteiger partial charge is 0.384 e. The molecule has 0 atom stereocenters. The van der Waals surface area contributed by atoms with Crippen LogP contribution in [0.1, 0.15) is 38.5 Å². The first-order chi connectivity index (χ1) is 6.83. The van der Waals surface area contributed by atoms with Crippen molar-refractivity contribution in [3.8, 4) is 0 Å². The van der Waals surface area contributed by atoms with Gasteiger partial charge in [0.2, 0.25) is 0 Å². The predicted octanol–water partition coefficient (Wildman–Crippen LogP) is 2.18. The first-order valence-electron chi connectivity index (χ1n) is 6.02. The minimum Gasteiger partial charge on any atom is -0.384 e. The third-order valence-corrected chi connectivity index (χ3v) is 4.63. The topological polar surface area (TPSA) is 35.2 Å². The molecular formula is C12H23NO. The molecular weight excluding hydrogens is 174 g/mol. The molecule has 2 saturated carbocycles. The lowest BCUT2D eigenvalue weighted by Crippen LogP contribution is -2.52. The van der Waals surface area contributed by atoms with Gasteiger partial charge in [-0.05, 0) is 37.5 Å². The Morgan fingerprint density at radius 2 is 1.64 bits per heavy atom. The monoisotopic (exact) mass is 197 g/mol. The molecule has 0 heterocycles. The van der Waals surface area contributed by atoms with Gasteiger partial charge in [0.25, 0.3) is 0 Å². The quantitative estimate of drug-likeness (QED) is 0.733. The van der Waals surface area contributed by atoms with E-state index in [0.29, 0.717) is 5.41 Å². The zero-order valence-corrected chi connectivity index (χ0v) is 9.30. The number of nitrogens with two attached hydrogens (primary N) is 1. The summed E-state index contributed by atoms with van der Waals surface area (Å²) in [6.07, 6.45) is 8.36. The van der Waals surface area contributed by atoms with Gasteiger partial charge in [0.05, 0.1) is 6.61 Å². The molecule has 0 aromatic heterocycles. The van der Waals surface area contributed by atoms with Crippen LogP contribution in [0.3, 0.4) is 0 Å². The summed E-state index contributed by atoms with van der Waals surface area (Å²) in [5.41, 5.74) is 6.37. The van der Waals surface area contributed by atoms with Crippen molar-refractivity contribution in [2.45, 2.75) is 38.5 Å². The van der Waals surface area contributed by atoms with E-state index >= 15 is 0 Å². The van der Waals surface area contributed by atoms with E-state index in [9.17, 15) is 0 Å². The molecule has 0 radical (unpaired) electrons. The molecule has 0 amide bonds. The molecule has 0 aromatic carbocycles. The van der Waals surface area contributed by atoms with E-state index in [1.807, 2.05) is 7.11 Å². The van der Waals surface area contributed by atoms with Crippen LogP contribution in [0.15, 0.2) is 0 Å². The van der Waals surface area contributed by atoms with E-state index in [1.54, 1.807) is 0 Å². The van der Waals surface area contributed by atoms with Crippen molar-refractivity contribution < 1.29 is 4.74 Å². The fourth-order valence-corrected chi connectivity index (χ4v) is 3.20. The molecule has 0 aliphatic heterocycles. The van der Waals surface area contributed by atoms with Crippen LogP contribution in [0.5, 0.6) is 0 Å². The molecule has 2 aliphatic rings. The molecule has 2 N–H and O–H groups in total. The van der Waals surface area contributed by atoms with Crippen molar-refractivity contribution in [2.24, 2.45) is 23.0 Å². The van der Waals surface area contributed by atoms with Gasteiger partial charge in [-0.15, -0.1) is 0 Å². The minimum atomic E-state index is 0.339. The second-order valence-corrected chi connectivity index (χ2v) is 5.13. The molecule has 0 saturated heterocycles. The highest BCUT2D eigenvalue weighted by molar-refractivity contribution is 4.98. The number of hydrogen-bond donors (Lipinski definition) is 1. The summed E-state index contributed by atoms with van der Waals surface area (Å²) in [7, 11) is 1.82. The van der Waals surface area contributed by atoms with Crippen LogP contribution in [-0.2, 0) is 4.74 Å². The SMILES string of the molecule is COCC(CN)(C1CCC1)C1CCC1. The molecule has 0 bridgehead atoms. The Morgan fingerprint density at radius 1 is 1.14 bits per heavy atom. The lowest BCUT2D eigenvalue weighted by Gasteiger charge is -2.52. The van der Waals surface area contributed by atoms with Gasteiger partial charge in [-0.1, -0.05) is 12.8 Å². The summed E-state index contributed by atoms with van der Waals surface area (Å²) in [6.45, 7) is 1.72. The Morgan fingerprint density at radius 3 is 1.86 bits per heavy atom. The maximum Gasteiger partial charge on any atom is 0.0536 e. The molecule has 0 spiro atoms. The Bertz CT molecular complexity index is 171. The van der Waals surface area contributed by atoms with Crippen molar-refractivity contribution >= 4 is 0 Å². The molecule has 0 unspecified atom stereocenters. The molecule has 82 valence electrons. The summed E-state index contributed by atoms with van der Waals surface area (Å²) >= 11 is 0. The smallest absolute Gasteiger partial charge is 0.0536 e. The van der Waals surface area contributed by atoms with Crippen LogP contribution < -0.4 is 5.73 Å². The Kier molecular flexibility index (Phi) is 3.13. The Hall–Kier alpha value is -0.0800. The van der Waals surface area contributed by atoms with Gasteiger partial charge in [-0.25, -0.2) is 0 Å². The number of rotatable bonds is 5. The number of ether oxygens (including phenoxy) is 1. The third-order valence-electron chi connectivity index (χ3n) is 4.63. The van der Waals surface area contributed by atoms with Crippen LogP contribution in [-0.4, -0.2) is 20.3 Å². The van der Waals surface area contributed by atoms with Crippen molar-refractivity contribution in [1.29, 1.82) is 0 Å². The van der Waals surface area contributed by atoms with E-state index in [-0.39, 0.29) is 0 Å². The lowest BCUT2D eigenvalue weighted by atomic mass is 9.55. The van der Waals surface area contributed by atoms with Gasteiger partial charge >= 0.3 is 0 Å². The highest BCUT2D eigenvalue weighted by Crippen LogP contribution is 2.52. The van der Waals surface area contributed by atoms with E-state index in [0.717, 1.165) is 25.0 Å². The first kappa shape index (κ1) is 10.4. The second kappa shape index (κ2) is 4.19. The molecule has 0 aromatic rings. The molecule has 2 aliphatic carbocycles. The van der Waals surface area contributed by atoms with Crippen LogP contribution in [0.25, 0.3) is 0 Å². The predicted molar refractivity (Wildman–Crippen MR) is 58.0 cm³/mol. The van der Waals surface area contributed by atoms with Gasteiger partial charge in [0, 0.05) is 19.1 Å². The molecule has 2 fully saturated rings. The van der Waals surface area contributed by atoms with E-state index in [1.165, 1.54) is 38.5 Å². The number of methoxy groups -OCH3 is 1. The average Bonchev–Trinajstić information content (AvgIpc) is 1.97. The first-order valence-corrected chi connectivity index (χ1v) is 6.02. The lowest BCUT2D eigenvalue weighted by molar-refractivity contribution is -0.0662. The summed E-state index contributed by atoms with van der Waals surface area (Å²) < 4.78 is 5.43. The summed E-state index contributed by atoms with van der Waals surface area (Å²) in [5.74, 6) is 1.72. The summed E-state index contributed by atoms with van der Waals surface area (Å²) in [5, 5.41) is 0. The second-order valence-electron chi connectivity index (χ2n) is 5.13. The van der Waals surface area contributed by atoms with Crippen LogP contribution in [0.4, 0.5) is 0 Å². The van der Waals surface area contributed by atoms with Crippen LogP contribution >= 0.6 is 0 Å². The third kappa shape index (κ3) is 1.49. The van der Waals surface area contributed by atoms with Gasteiger partial charge in [-0.3, -0.25) is 0 Å². The maximum atomic E-state index is 6.03. The van der Waals surface area contributed by atoms with E-state index < -0.39 is 0 Å². The zero-order valence-electron chi connectivity index (χ0n) is 9.30. The highest BCUT2D eigenvalue weighted by atomic mass is 16.5. The Balaban J connectivity index is 2.06. The minimum absolute atomic E-state index is 0.339. The number of hydrogen-bond acceptors (Lipinski definition) is 2. The fourth-order valence-electron chi connectivity index (χ4n) is 3.20. The van der Waals surface area contributed by atoms with Crippen molar-refractivity contribution in [2.75, 3.05) is 20.3 Å². The van der Waals surface area contributed by atoms with Crippen molar-refractivity contribution in [1.82, 2.24) is 0 Å². The van der Waals surface area contributed by atoms with E-state index in [2.05, 4.69) is 0 Å². The summed E-state index contributed by atoms with van der Waals surface area (Å²) in [4.78, 5) is 0. The molecule has 14 heavy (non-hydrogen) atoms.